The van der Waals surface area contributed by atoms with E-state index in [2.05, 4.69) is 10.5 Å². The van der Waals surface area contributed by atoms with E-state index in [0.29, 0.717) is 28.6 Å². The highest BCUT2D eigenvalue weighted by atomic mass is 16.5. The monoisotopic (exact) mass is 372 g/mol. The van der Waals surface area contributed by atoms with Gasteiger partial charge in [0.2, 0.25) is 0 Å². The number of carbonyl (C=O) groups is 1. The van der Waals surface area contributed by atoms with Crippen molar-refractivity contribution in [1.82, 2.24) is 5.43 Å². The minimum absolute atomic E-state index is 0.0269. The molecule has 0 saturated heterocycles. The lowest BCUT2D eigenvalue weighted by molar-refractivity contribution is -0.123. The number of nitrogens with zero attached hydrogens (tertiary/aromatic N) is 1. The first-order chi connectivity index (χ1) is 13.0. The highest BCUT2D eigenvalue weighted by molar-refractivity contribution is 5.86. The van der Waals surface area contributed by atoms with Crippen molar-refractivity contribution in [3.63, 3.8) is 0 Å². The molecule has 2 aromatic carbocycles. The molecule has 27 heavy (non-hydrogen) atoms. The largest absolute Gasteiger partial charge is 0.497 e. The van der Waals surface area contributed by atoms with Crippen molar-refractivity contribution in [2.45, 2.75) is 20.0 Å². The highest BCUT2D eigenvalue weighted by Crippen LogP contribution is 2.30. The van der Waals surface area contributed by atoms with Crippen molar-refractivity contribution in [1.29, 1.82) is 0 Å². The van der Waals surface area contributed by atoms with Crippen LogP contribution >= 0.6 is 0 Å². The molecule has 0 aliphatic rings. The number of hydrogen-bond donors (Lipinski definition) is 1. The van der Waals surface area contributed by atoms with E-state index in [9.17, 15) is 4.79 Å². The van der Waals surface area contributed by atoms with Crippen LogP contribution in [-0.4, -0.2) is 39.1 Å². The van der Waals surface area contributed by atoms with Gasteiger partial charge >= 0.3 is 0 Å². The molecule has 0 aromatic heterocycles. The number of rotatable bonds is 9. The minimum Gasteiger partial charge on any atom is -0.497 e. The lowest BCUT2D eigenvalue weighted by atomic mass is 10.2. The van der Waals surface area contributed by atoms with E-state index in [0.717, 1.165) is 0 Å². The Kier molecular flexibility index (Phi) is 7.49. The Hall–Kier alpha value is -3.22. The van der Waals surface area contributed by atoms with Crippen LogP contribution in [0, 0.1) is 0 Å². The molecule has 0 atom stereocenters. The standard InChI is InChI=1S/C20H24N2O5/c1-14(2)27-20-15(6-5-7-18(20)25-4)12-21-22-19(23)13-26-17-10-8-16(24-3)9-11-17/h5-12,14H,13H2,1-4H3,(H,22,23)/b21-12-. The fourth-order valence-corrected chi connectivity index (χ4v) is 2.18. The molecule has 0 aliphatic heterocycles. The van der Waals surface area contributed by atoms with Gasteiger partial charge in [-0.25, -0.2) is 5.43 Å². The zero-order valence-corrected chi connectivity index (χ0v) is 15.9. The molecule has 0 radical (unpaired) electrons. The van der Waals surface area contributed by atoms with Gasteiger partial charge in [0.25, 0.3) is 5.91 Å². The lowest BCUT2D eigenvalue weighted by Crippen LogP contribution is -2.24. The topological polar surface area (TPSA) is 78.4 Å². The van der Waals surface area contributed by atoms with Crippen LogP contribution in [0.3, 0.4) is 0 Å². The molecule has 2 aromatic rings. The van der Waals surface area contributed by atoms with E-state index in [4.69, 9.17) is 18.9 Å². The molecular formula is C20H24N2O5. The van der Waals surface area contributed by atoms with Crippen molar-refractivity contribution < 1.29 is 23.7 Å². The summed E-state index contributed by atoms with van der Waals surface area (Å²) in [5.74, 6) is 2.07. The van der Waals surface area contributed by atoms with E-state index in [-0.39, 0.29) is 18.6 Å². The average molecular weight is 372 g/mol. The van der Waals surface area contributed by atoms with Crippen LogP contribution < -0.4 is 24.4 Å². The molecule has 2 rings (SSSR count). The molecule has 7 nitrogen and oxygen atoms in total. The first kappa shape index (κ1) is 20.1. The van der Waals surface area contributed by atoms with Crippen molar-refractivity contribution >= 4 is 12.1 Å². The van der Waals surface area contributed by atoms with E-state index in [1.165, 1.54) is 6.21 Å². The smallest absolute Gasteiger partial charge is 0.277 e. The van der Waals surface area contributed by atoms with Gasteiger partial charge in [-0.3, -0.25) is 4.79 Å². The molecule has 7 heteroatoms. The average Bonchev–Trinajstić information content (AvgIpc) is 2.67. The first-order valence-electron chi connectivity index (χ1n) is 8.46. The molecule has 144 valence electrons. The van der Waals surface area contributed by atoms with Crippen LogP contribution in [0.5, 0.6) is 23.0 Å². The number of amides is 1. The SMILES string of the molecule is COc1ccc(OCC(=O)N/N=C\c2cccc(OC)c2OC(C)C)cc1. The fraction of sp³-hybridized carbons (Fsp3) is 0.300. The number of methoxy groups -OCH3 is 2. The zero-order valence-electron chi connectivity index (χ0n) is 15.9. The Labute approximate surface area is 158 Å². The van der Waals surface area contributed by atoms with Crippen LogP contribution in [0.2, 0.25) is 0 Å². The number of ether oxygens (including phenoxy) is 4. The maximum absolute atomic E-state index is 11.9. The fourth-order valence-electron chi connectivity index (χ4n) is 2.18. The number of hydrogen-bond acceptors (Lipinski definition) is 6. The molecule has 0 heterocycles. The highest BCUT2D eigenvalue weighted by Gasteiger charge is 2.11. The number of nitrogens with one attached hydrogen (secondary N) is 1. The quantitative estimate of drug-likeness (QED) is 0.541. The number of hydrazone groups is 1. The molecule has 0 aliphatic carbocycles. The third kappa shape index (κ3) is 6.22. The lowest BCUT2D eigenvalue weighted by Gasteiger charge is -2.15. The van der Waals surface area contributed by atoms with Gasteiger partial charge in [-0.15, -0.1) is 0 Å². The molecule has 0 fully saturated rings. The minimum atomic E-state index is -0.378. The van der Waals surface area contributed by atoms with Crippen LogP contribution in [0.25, 0.3) is 0 Å². The van der Waals surface area contributed by atoms with Gasteiger partial charge in [0.1, 0.15) is 11.5 Å². The van der Waals surface area contributed by atoms with E-state index in [1.807, 2.05) is 26.0 Å². The second-order valence-corrected chi connectivity index (χ2v) is 5.80. The number of para-hydroxylation sites is 1. The third-order valence-corrected chi connectivity index (χ3v) is 3.41. The van der Waals surface area contributed by atoms with Crippen LogP contribution in [0.1, 0.15) is 19.4 Å². The van der Waals surface area contributed by atoms with Gasteiger partial charge in [-0.05, 0) is 50.2 Å². The second kappa shape index (κ2) is 10.1. The third-order valence-electron chi connectivity index (χ3n) is 3.41. The molecule has 0 saturated carbocycles. The normalized spacial score (nSPS) is 10.7. The molecule has 1 N–H and O–H groups in total. The number of benzene rings is 2. The Morgan fingerprint density at radius 2 is 1.78 bits per heavy atom. The summed E-state index contributed by atoms with van der Waals surface area (Å²) in [6, 6.07) is 12.4. The summed E-state index contributed by atoms with van der Waals surface area (Å²) in [5, 5.41) is 3.96. The van der Waals surface area contributed by atoms with E-state index >= 15 is 0 Å². The van der Waals surface area contributed by atoms with Crippen LogP contribution in [-0.2, 0) is 4.79 Å². The molecule has 0 spiro atoms. The Balaban J connectivity index is 1.93. The van der Waals surface area contributed by atoms with Crippen molar-refractivity contribution in [3.8, 4) is 23.0 Å². The van der Waals surface area contributed by atoms with Gasteiger partial charge in [0, 0.05) is 5.56 Å². The van der Waals surface area contributed by atoms with Gasteiger partial charge in [-0.1, -0.05) is 6.07 Å². The summed E-state index contributed by atoms with van der Waals surface area (Å²) in [6.07, 6.45) is 1.48. The Bertz CT molecular complexity index is 772. The van der Waals surface area contributed by atoms with Crippen LogP contribution in [0.15, 0.2) is 47.6 Å². The summed E-state index contributed by atoms with van der Waals surface area (Å²) in [7, 11) is 3.16. The molecular weight excluding hydrogens is 348 g/mol. The summed E-state index contributed by atoms with van der Waals surface area (Å²) in [4.78, 5) is 11.9. The summed E-state index contributed by atoms with van der Waals surface area (Å²) < 4.78 is 21.6. The molecule has 1 amide bonds. The van der Waals surface area contributed by atoms with Crippen molar-refractivity contribution in [2.24, 2.45) is 5.10 Å². The Morgan fingerprint density at radius 3 is 2.41 bits per heavy atom. The summed E-state index contributed by atoms with van der Waals surface area (Å²) >= 11 is 0. The predicted octanol–water partition coefficient (Wildman–Crippen LogP) is 3.02. The molecule has 0 bridgehead atoms. The van der Waals surface area contributed by atoms with Gasteiger partial charge in [0.15, 0.2) is 18.1 Å². The number of carbonyl (C=O) groups excluding carboxylic acids is 1. The zero-order chi connectivity index (χ0) is 19.6. The second-order valence-electron chi connectivity index (χ2n) is 5.80. The van der Waals surface area contributed by atoms with Crippen molar-refractivity contribution in [2.75, 3.05) is 20.8 Å². The van der Waals surface area contributed by atoms with Crippen molar-refractivity contribution in [3.05, 3.63) is 48.0 Å². The maximum Gasteiger partial charge on any atom is 0.277 e. The Morgan fingerprint density at radius 1 is 1.07 bits per heavy atom. The van der Waals surface area contributed by atoms with Gasteiger partial charge in [0.05, 0.1) is 26.5 Å². The summed E-state index contributed by atoms with van der Waals surface area (Å²) in [5.41, 5.74) is 3.12. The van der Waals surface area contributed by atoms with E-state index in [1.54, 1.807) is 44.6 Å². The maximum atomic E-state index is 11.9. The van der Waals surface area contributed by atoms with Gasteiger partial charge in [-0.2, -0.15) is 5.10 Å². The first-order valence-corrected chi connectivity index (χ1v) is 8.46. The van der Waals surface area contributed by atoms with E-state index < -0.39 is 0 Å². The molecule has 0 unspecified atom stereocenters. The van der Waals surface area contributed by atoms with Gasteiger partial charge < -0.3 is 18.9 Å². The predicted molar refractivity (Wildman–Crippen MR) is 103 cm³/mol. The van der Waals surface area contributed by atoms with Crippen LogP contribution in [0.4, 0.5) is 0 Å². The summed E-state index contributed by atoms with van der Waals surface area (Å²) in [6.45, 7) is 3.69.